The zero-order valence-electron chi connectivity index (χ0n) is 11.5. The van der Waals surface area contributed by atoms with Crippen molar-refractivity contribution in [1.82, 2.24) is 4.90 Å². The molecule has 1 N–H and O–H groups in total. The van der Waals surface area contributed by atoms with Gasteiger partial charge in [-0.3, -0.25) is 9.69 Å². The molecule has 0 saturated carbocycles. The summed E-state index contributed by atoms with van der Waals surface area (Å²) in [6.45, 7) is 0.940. The molecule has 0 radical (unpaired) electrons. The lowest BCUT2D eigenvalue weighted by Gasteiger charge is -2.15. The average Bonchev–Trinajstić information content (AvgIpc) is 2.83. The zero-order valence-corrected chi connectivity index (χ0v) is 13.0. The van der Waals surface area contributed by atoms with E-state index in [9.17, 15) is 4.79 Å². The maximum absolute atomic E-state index is 12.0. The van der Waals surface area contributed by atoms with Crippen molar-refractivity contribution >= 4 is 34.5 Å². The predicted molar refractivity (Wildman–Crippen MR) is 85.4 cm³/mol. The van der Waals surface area contributed by atoms with Crippen LogP contribution in [0.3, 0.4) is 0 Å². The summed E-state index contributed by atoms with van der Waals surface area (Å²) in [6.07, 6.45) is 0. The van der Waals surface area contributed by atoms with Gasteiger partial charge in [0.1, 0.15) is 0 Å². The largest absolute Gasteiger partial charge is 0.325 e. The van der Waals surface area contributed by atoms with Crippen molar-refractivity contribution in [3.63, 3.8) is 0 Å². The van der Waals surface area contributed by atoms with E-state index in [-0.39, 0.29) is 12.5 Å². The van der Waals surface area contributed by atoms with Gasteiger partial charge in [0.15, 0.2) is 0 Å². The molecule has 1 heterocycles. The fourth-order valence-electron chi connectivity index (χ4n) is 1.87. The molecule has 0 aliphatic carbocycles. The lowest BCUT2D eigenvalue weighted by atomic mass is 10.2. The number of thiophene rings is 1. The Morgan fingerprint density at radius 3 is 2.90 bits per heavy atom. The third kappa shape index (κ3) is 4.87. The van der Waals surface area contributed by atoms with Crippen LogP contribution in [0.2, 0.25) is 4.34 Å². The number of anilines is 1. The van der Waals surface area contributed by atoms with E-state index >= 15 is 0 Å². The van der Waals surface area contributed by atoms with Gasteiger partial charge in [-0.05, 0) is 37.4 Å². The van der Waals surface area contributed by atoms with E-state index < -0.39 is 0 Å². The van der Waals surface area contributed by atoms with Gasteiger partial charge in [0, 0.05) is 17.1 Å². The van der Waals surface area contributed by atoms with E-state index in [1.807, 2.05) is 30.1 Å². The molecule has 0 bridgehead atoms. The Morgan fingerprint density at radius 2 is 2.24 bits per heavy atom. The summed E-state index contributed by atoms with van der Waals surface area (Å²) in [4.78, 5) is 15.0. The van der Waals surface area contributed by atoms with Crippen molar-refractivity contribution in [3.05, 3.63) is 51.2 Å². The molecule has 0 aliphatic heterocycles. The normalized spacial score (nSPS) is 10.4. The lowest BCUT2D eigenvalue weighted by molar-refractivity contribution is -0.117. The number of nitrogens with zero attached hydrogens (tertiary/aromatic N) is 2. The second-order valence-electron chi connectivity index (χ2n) is 4.62. The van der Waals surface area contributed by atoms with Crippen LogP contribution in [0.1, 0.15) is 10.4 Å². The molecule has 21 heavy (non-hydrogen) atoms. The van der Waals surface area contributed by atoms with Gasteiger partial charge in [0.25, 0.3) is 0 Å². The van der Waals surface area contributed by atoms with Crippen LogP contribution >= 0.6 is 22.9 Å². The molecule has 108 valence electrons. The molecule has 1 aromatic heterocycles. The summed E-state index contributed by atoms with van der Waals surface area (Å²) < 4.78 is 0.746. The minimum absolute atomic E-state index is 0.116. The molecular formula is C15H14ClN3OS. The topological polar surface area (TPSA) is 56.1 Å². The van der Waals surface area contributed by atoms with Gasteiger partial charge in [-0.25, -0.2) is 0 Å². The van der Waals surface area contributed by atoms with Crippen LogP contribution in [-0.2, 0) is 11.3 Å². The number of carbonyl (C=O) groups is 1. The van der Waals surface area contributed by atoms with Crippen molar-refractivity contribution < 1.29 is 4.79 Å². The number of amides is 1. The Hall–Kier alpha value is -1.87. The number of benzene rings is 1. The molecule has 0 saturated heterocycles. The van der Waals surface area contributed by atoms with Gasteiger partial charge >= 0.3 is 0 Å². The smallest absolute Gasteiger partial charge is 0.238 e. The van der Waals surface area contributed by atoms with Crippen molar-refractivity contribution in [1.29, 1.82) is 5.26 Å². The second-order valence-corrected chi connectivity index (χ2v) is 6.42. The number of carbonyl (C=O) groups excluding carboxylic acids is 1. The first kappa shape index (κ1) is 15.5. The summed E-state index contributed by atoms with van der Waals surface area (Å²) in [5.74, 6) is -0.116. The number of nitrogens with one attached hydrogen (secondary N) is 1. The Morgan fingerprint density at radius 1 is 1.43 bits per heavy atom. The summed E-state index contributed by atoms with van der Waals surface area (Å²) in [6, 6.07) is 12.7. The van der Waals surface area contributed by atoms with Crippen LogP contribution in [0.25, 0.3) is 0 Å². The van der Waals surface area contributed by atoms with Crippen molar-refractivity contribution in [2.75, 3.05) is 18.9 Å². The molecule has 2 aromatic rings. The van der Waals surface area contributed by atoms with Crippen molar-refractivity contribution in [3.8, 4) is 6.07 Å². The maximum atomic E-state index is 12.0. The van der Waals surface area contributed by atoms with Crippen LogP contribution in [0, 0.1) is 11.3 Å². The number of nitriles is 1. The summed E-state index contributed by atoms with van der Waals surface area (Å²) >= 11 is 7.39. The molecule has 0 aliphatic rings. The van der Waals surface area contributed by atoms with E-state index in [0.29, 0.717) is 17.8 Å². The van der Waals surface area contributed by atoms with Crippen molar-refractivity contribution in [2.45, 2.75) is 6.54 Å². The van der Waals surface area contributed by atoms with E-state index in [1.54, 1.807) is 24.3 Å². The van der Waals surface area contributed by atoms with E-state index in [2.05, 4.69) is 5.32 Å². The highest BCUT2D eigenvalue weighted by Crippen LogP contribution is 2.22. The molecule has 0 spiro atoms. The average molecular weight is 320 g/mol. The van der Waals surface area contributed by atoms with E-state index in [0.717, 1.165) is 9.21 Å². The SMILES string of the molecule is CN(CC(=O)Nc1cccc(C#N)c1)Cc1ccc(Cl)s1. The first-order valence-corrected chi connectivity index (χ1v) is 7.49. The molecular weight excluding hydrogens is 306 g/mol. The maximum Gasteiger partial charge on any atom is 0.238 e. The van der Waals surface area contributed by atoms with Crippen LogP contribution in [-0.4, -0.2) is 24.4 Å². The monoisotopic (exact) mass is 319 g/mol. The van der Waals surface area contributed by atoms with Crippen LogP contribution in [0.15, 0.2) is 36.4 Å². The Bertz CT molecular complexity index is 678. The van der Waals surface area contributed by atoms with Gasteiger partial charge in [-0.2, -0.15) is 5.26 Å². The summed E-state index contributed by atoms with van der Waals surface area (Å²) in [5, 5.41) is 11.6. The van der Waals surface area contributed by atoms with Gasteiger partial charge < -0.3 is 5.32 Å². The Labute approximate surface area is 132 Å². The molecule has 1 aromatic carbocycles. The molecule has 0 atom stereocenters. The minimum atomic E-state index is -0.116. The van der Waals surface area contributed by atoms with Gasteiger partial charge in [-0.15, -0.1) is 11.3 Å². The number of hydrogen-bond acceptors (Lipinski definition) is 4. The lowest BCUT2D eigenvalue weighted by Crippen LogP contribution is -2.29. The van der Waals surface area contributed by atoms with Gasteiger partial charge in [-0.1, -0.05) is 17.7 Å². The fraction of sp³-hybridized carbons (Fsp3) is 0.200. The highest BCUT2D eigenvalue weighted by molar-refractivity contribution is 7.16. The fourth-order valence-corrected chi connectivity index (χ4v) is 3.04. The molecule has 6 heteroatoms. The third-order valence-electron chi connectivity index (χ3n) is 2.74. The standard InChI is InChI=1S/C15H14ClN3OS/c1-19(9-13-5-6-14(16)21-13)10-15(20)18-12-4-2-3-11(7-12)8-17/h2-7H,9-10H2,1H3,(H,18,20). The van der Waals surface area contributed by atoms with Gasteiger partial charge in [0.05, 0.1) is 22.5 Å². The highest BCUT2D eigenvalue weighted by atomic mass is 35.5. The molecule has 2 rings (SSSR count). The summed E-state index contributed by atoms with van der Waals surface area (Å²) in [5.41, 5.74) is 1.15. The third-order valence-corrected chi connectivity index (χ3v) is 3.96. The minimum Gasteiger partial charge on any atom is -0.325 e. The number of rotatable bonds is 5. The quantitative estimate of drug-likeness (QED) is 0.919. The van der Waals surface area contributed by atoms with Crippen molar-refractivity contribution in [2.24, 2.45) is 0 Å². The molecule has 1 amide bonds. The van der Waals surface area contributed by atoms with E-state index in [4.69, 9.17) is 16.9 Å². The molecule has 4 nitrogen and oxygen atoms in total. The van der Waals surface area contributed by atoms with Crippen LogP contribution in [0.5, 0.6) is 0 Å². The Balaban J connectivity index is 1.87. The second kappa shape index (κ2) is 7.23. The Kier molecular flexibility index (Phi) is 5.34. The van der Waals surface area contributed by atoms with Crippen LogP contribution in [0.4, 0.5) is 5.69 Å². The predicted octanol–water partition coefficient (Wildman–Crippen LogP) is 3.34. The number of halogens is 1. The zero-order chi connectivity index (χ0) is 15.2. The first-order chi connectivity index (χ1) is 10.1. The van der Waals surface area contributed by atoms with Crippen LogP contribution < -0.4 is 5.32 Å². The number of hydrogen-bond donors (Lipinski definition) is 1. The highest BCUT2D eigenvalue weighted by Gasteiger charge is 2.09. The first-order valence-electron chi connectivity index (χ1n) is 6.29. The molecule has 0 unspecified atom stereocenters. The number of likely N-dealkylation sites (N-methyl/N-ethyl adjacent to an activating group) is 1. The van der Waals surface area contributed by atoms with E-state index in [1.165, 1.54) is 11.3 Å². The summed E-state index contributed by atoms with van der Waals surface area (Å²) in [7, 11) is 1.87. The molecule has 0 fully saturated rings. The van der Waals surface area contributed by atoms with Gasteiger partial charge in [0.2, 0.25) is 5.91 Å².